The Balaban J connectivity index is 1.76. The van der Waals surface area contributed by atoms with Crippen molar-refractivity contribution in [2.45, 2.75) is 57.7 Å². The molecule has 2 amide bonds. The SMILES string of the molecule is CC[C@H](C(=O)NC1CCCC1)N(Cc1cccc(OC)c1)C(=O)COc1ccc(Br)cc1. The number of nitrogens with zero attached hydrogens (tertiary/aromatic N) is 1. The van der Waals surface area contributed by atoms with Gasteiger partial charge in [-0.1, -0.05) is 47.8 Å². The molecular weight excluding hydrogens is 472 g/mol. The van der Waals surface area contributed by atoms with Gasteiger partial charge in [-0.05, 0) is 61.2 Å². The van der Waals surface area contributed by atoms with Crippen molar-refractivity contribution in [3.05, 3.63) is 58.6 Å². The fourth-order valence-electron chi connectivity index (χ4n) is 4.01. The molecule has 1 atom stereocenters. The highest BCUT2D eigenvalue weighted by atomic mass is 79.9. The van der Waals surface area contributed by atoms with Crippen LogP contribution in [0.5, 0.6) is 11.5 Å². The Morgan fingerprint density at radius 1 is 1.12 bits per heavy atom. The highest BCUT2D eigenvalue weighted by Gasteiger charge is 2.30. The van der Waals surface area contributed by atoms with E-state index in [1.165, 1.54) is 0 Å². The van der Waals surface area contributed by atoms with E-state index in [0.29, 0.717) is 24.5 Å². The van der Waals surface area contributed by atoms with E-state index in [4.69, 9.17) is 9.47 Å². The zero-order chi connectivity index (χ0) is 22.9. The Kier molecular flexibility index (Phi) is 8.97. The van der Waals surface area contributed by atoms with Crippen LogP contribution in [0.15, 0.2) is 53.0 Å². The maximum atomic E-state index is 13.3. The first-order chi connectivity index (χ1) is 15.5. The van der Waals surface area contributed by atoms with Crippen LogP contribution in [0.4, 0.5) is 0 Å². The van der Waals surface area contributed by atoms with Crippen molar-refractivity contribution in [1.82, 2.24) is 10.2 Å². The average molecular weight is 503 g/mol. The van der Waals surface area contributed by atoms with Crippen molar-refractivity contribution in [3.63, 3.8) is 0 Å². The molecule has 7 heteroatoms. The molecule has 1 N–H and O–H groups in total. The van der Waals surface area contributed by atoms with E-state index in [9.17, 15) is 9.59 Å². The number of carbonyl (C=O) groups excluding carboxylic acids is 2. The number of carbonyl (C=O) groups is 2. The molecule has 0 aliphatic heterocycles. The van der Waals surface area contributed by atoms with Crippen LogP contribution >= 0.6 is 15.9 Å². The van der Waals surface area contributed by atoms with Crippen LogP contribution in [0.3, 0.4) is 0 Å². The molecule has 6 nitrogen and oxygen atoms in total. The van der Waals surface area contributed by atoms with Crippen LogP contribution in [-0.2, 0) is 16.1 Å². The number of methoxy groups -OCH3 is 1. The Morgan fingerprint density at radius 2 is 1.84 bits per heavy atom. The van der Waals surface area contributed by atoms with Gasteiger partial charge in [0, 0.05) is 17.1 Å². The summed E-state index contributed by atoms with van der Waals surface area (Å²) in [5.74, 6) is 0.985. The third-order valence-corrected chi connectivity index (χ3v) is 6.28. The Labute approximate surface area is 198 Å². The zero-order valence-electron chi connectivity index (χ0n) is 18.7. The van der Waals surface area contributed by atoms with Gasteiger partial charge < -0.3 is 19.7 Å². The molecule has 0 heterocycles. The molecule has 0 aromatic heterocycles. The van der Waals surface area contributed by atoms with Gasteiger partial charge in [0.05, 0.1) is 7.11 Å². The van der Waals surface area contributed by atoms with Gasteiger partial charge in [0.15, 0.2) is 6.61 Å². The van der Waals surface area contributed by atoms with Crippen LogP contribution < -0.4 is 14.8 Å². The Hall–Kier alpha value is -2.54. The molecule has 0 saturated heterocycles. The third-order valence-electron chi connectivity index (χ3n) is 5.75. The number of ether oxygens (including phenoxy) is 2. The van der Waals surface area contributed by atoms with E-state index in [0.717, 1.165) is 35.7 Å². The lowest BCUT2D eigenvalue weighted by Gasteiger charge is -2.31. The van der Waals surface area contributed by atoms with Crippen molar-refractivity contribution < 1.29 is 19.1 Å². The summed E-state index contributed by atoms with van der Waals surface area (Å²) in [6.45, 7) is 2.09. The van der Waals surface area contributed by atoms with Gasteiger partial charge in [-0.15, -0.1) is 0 Å². The molecule has 0 unspecified atom stereocenters. The molecule has 0 spiro atoms. The molecule has 2 aromatic carbocycles. The van der Waals surface area contributed by atoms with Gasteiger partial charge in [0.1, 0.15) is 17.5 Å². The second kappa shape index (κ2) is 11.9. The molecule has 1 aliphatic carbocycles. The first-order valence-corrected chi connectivity index (χ1v) is 11.9. The predicted molar refractivity (Wildman–Crippen MR) is 128 cm³/mol. The number of rotatable bonds is 10. The second-order valence-electron chi connectivity index (χ2n) is 8.03. The van der Waals surface area contributed by atoms with Crippen molar-refractivity contribution in [3.8, 4) is 11.5 Å². The minimum absolute atomic E-state index is 0.0979. The Bertz CT molecular complexity index is 897. The summed E-state index contributed by atoms with van der Waals surface area (Å²) in [5.41, 5.74) is 0.897. The maximum Gasteiger partial charge on any atom is 0.261 e. The standard InChI is InChI=1S/C25H31BrN2O4/c1-3-23(25(30)27-20-8-4-5-9-20)28(16-18-7-6-10-22(15-18)31-2)24(29)17-32-21-13-11-19(26)12-14-21/h6-7,10-15,20,23H,3-5,8-9,16-17H2,1-2H3,(H,27,30)/t23-/m1/s1. The molecule has 1 aliphatic rings. The summed E-state index contributed by atoms with van der Waals surface area (Å²) in [5, 5.41) is 3.15. The smallest absolute Gasteiger partial charge is 0.261 e. The minimum Gasteiger partial charge on any atom is -0.497 e. The third kappa shape index (κ3) is 6.73. The zero-order valence-corrected chi connectivity index (χ0v) is 20.3. The molecule has 0 bridgehead atoms. The van der Waals surface area contributed by atoms with Gasteiger partial charge in [0.2, 0.25) is 5.91 Å². The van der Waals surface area contributed by atoms with Gasteiger partial charge in [0.25, 0.3) is 5.91 Å². The summed E-state index contributed by atoms with van der Waals surface area (Å²) >= 11 is 3.39. The molecule has 1 saturated carbocycles. The van der Waals surface area contributed by atoms with Crippen LogP contribution in [0.2, 0.25) is 0 Å². The second-order valence-corrected chi connectivity index (χ2v) is 8.95. The van der Waals surface area contributed by atoms with Gasteiger partial charge in [-0.2, -0.15) is 0 Å². The van der Waals surface area contributed by atoms with Crippen molar-refractivity contribution in [2.75, 3.05) is 13.7 Å². The highest BCUT2D eigenvalue weighted by molar-refractivity contribution is 9.10. The normalized spacial score (nSPS) is 14.6. The number of hydrogen-bond donors (Lipinski definition) is 1. The van der Waals surface area contributed by atoms with Crippen LogP contribution in [0, 0.1) is 0 Å². The fraction of sp³-hybridized carbons (Fsp3) is 0.440. The molecular formula is C25H31BrN2O4. The molecule has 2 aromatic rings. The first kappa shape index (κ1) is 24.1. The molecule has 3 rings (SSSR count). The number of nitrogens with one attached hydrogen (secondary N) is 1. The fourth-order valence-corrected chi connectivity index (χ4v) is 4.28. The van der Waals surface area contributed by atoms with Crippen molar-refractivity contribution in [2.24, 2.45) is 0 Å². The van der Waals surface area contributed by atoms with Crippen LogP contribution in [0.1, 0.15) is 44.6 Å². The lowest BCUT2D eigenvalue weighted by Crippen LogP contribution is -2.52. The van der Waals surface area contributed by atoms with Crippen molar-refractivity contribution in [1.29, 1.82) is 0 Å². The van der Waals surface area contributed by atoms with E-state index >= 15 is 0 Å². The molecule has 0 radical (unpaired) electrons. The van der Waals surface area contributed by atoms with E-state index < -0.39 is 6.04 Å². The maximum absolute atomic E-state index is 13.3. The topological polar surface area (TPSA) is 67.9 Å². The van der Waals surface area contributed by atoms with Crippen LogP contribution in [0.25, 0.3) is 0 Å². The number of halogens is 1. The monoisotopic (exact) mass is 502 g/mol. The minimum atomic E-state index is -0.567. The first-order valence-electron chi connectivity index (χ1n) is 11.1. The lowest BCUT2D eigenvalue weighted by atomic mass is 10.1. The lowest BCUT2D eigenvalue weighted by molar-refractivity contribution is -0.143. The van der Waals surface area contributed by atoms with Crippen molar-refractivity contribution >= 4 is 27.7 Å². The summed E-state index contributed by atoms with van der Waals surface area (Å²) in [6, 6.07) is 14.5. The summed E-state index contributed by atoms with van der Waals surface area (Å²) in [4.78, 5) is 28.0. The largest absolute Gasteiger partial charge is 0.497 e. The highest BCUT2D eigenvalue weighted by Crippen LogP contribution is 2.21. The summed E-state index contributed by atoms with van der Waals surface area (Å²) in [6.07, 6.45) is 4.79. The van der Waals surface area contributed by atoms with E-state index in [-0.39, 0.29) is 24.5 Å². The van der Waals surface area contributed by atoms with Crippen LogP contribution in [-0.4, -0.2) is 42.5 Å². The molecule has 1 fully saturated rings. The average Bonchev–Trinajstić information content (AvgIpc) is 3.31. The number of hydrogen-bond acceptors (Lipinski definition) is 4. The van der Waals surface area contributed by atoms with E-state index in [1.54, 1.807) is 24.1 Å². The van der Waals surface area contributed by atoms with Gasteiger partial charge in [-0.25, -0.2) is 0 Å². The molecule has 172 valence electrons. The van der Waals surface area contributed by atoms with E-state index in [1.807, 2.05) is 43.3 Å². The Morgan fingerprint density at radius 3 is 2.50 bits per heavy atom. The summed E-state index contributed by atoms with van der Waals surface area (Å²) < 4.78 is 12.0. The van der Waals surface area contributed by atoms with E-state index in [2.05, 4.69) is 21.2 Å². The quantitative estimate of drug-likeness (QED) is 0.511. The predicted octanol–water partition coefficient (Wildman–Crippen LogP) is 4.70. The van der Waals surface area contributed by atoms with Gasteiger partial charge >= 0.3 is 0 Å². The number of benzene rings is 2. The summed E-state index contributed by atoms with van der Waals surface area (Å²) in [7, 11) is 1.61. The number of amides is 2. The molecule has 32 heavy (non-hydrogen) atoms. The van der Waals surface area contributed by atoms with Gasteiger partial charge in [-0.3, -0.25) is 9.59 Å².